The third-order valence-electron chi connectivity index (χ3n) is 6.01. The largest absolute Gasteiger partial charge is 0.330 e. The van der Waals surface area contributed by atoms with Gasteiger partial charge in [-0.05, 0) is 43.7 Å². The smallest absolute Gasteiger partial charge is 0.254 e. The topological polar surface area (TPSA) is 68.8 Å². The predicted molar refractivity (Wildman–Crippen MR) is 113 cm³/mol. The van der Waals surface area contributed by atoms with Crippen LogP contribution in [0.2, 0.25) is 0 Å². The van der Waals surface area contributed by atoms with Crippen LogP contribution in [0, 0.1) is 23.3 Å². The number of amides is 1. The van der Waals surface area contributed by atoms with Crippen LogP contribution in [-0.2, 0) is 13.5 Å². The molecule has 0 N–H and O–H groups in total. The van der Waals surface area contributed by atoms with E-state index in [1.165, 1.54) is 28.0 Å². The van der Waals surface area contributed by atoms with E-state index in [4.69, 9.17) is 0 Å². The van der Waals surface area contributed by atoms with Gasteiger partial charge in [-0.25, -0.2) is 17.6 Å². The molecule has 1 atom stereocenters. The second-order valence-corrected chi connectivity index (χ2v) is 8.08. The molecule has 3 heterocycles. The maximum atomic E-state index is 14.3. The molecule has 1 aliphatic rings. The van der Waals surface area contributed by atoms with E-state index in [2.05, 4.69) is 15.3 Å². The molecule has 34 heavy (non-hydrogen) atoms. The molecule has 4 aromatic rings. The van der Waals surface area contributed by atoms with Crippen LogP contribution in [0.3, 0.4) is 0 Å². The van der Waals surface area contributed by atoms with E-state index in [9.17, 15) is 22.4 Å². The number of carbonyl (C=O) groups excluding carboxylic acids is 1. The summed E-state index contributed by atoms with van der Waals surface area (Å²) in [5.41, 5.74) is 2.43. The zero-order valence-corrected chi connectivity index (χ0v) is 18.1. The van der Waals surface area contributed by atoms with Gasteiger partial charge in [-0.1, -0.05) is 0 Å². The number of hydrogen-bond acceptors (Lipinski definition) is 4. The SMILES string of the molecule is C[C@H]1c2nn(C)c(-c3cc(F)c(F)c(F)c3)c2CCN1C(=O)c1cc(F)cc(-n2cnnc2)c1. The molecule has 0 aliphatic carbocycles. The number of carbonyl (C=O) groups is 1. The van der Waals surface area contributed by atoms with E-state index in [0.717, 1.165) is 18.2 Å². The van der Waals surface area contributed by atoms with Gasteiger partial charge in [0.25, 0.3) is 5.91 Å². The van der Waals surface area contributed by atoms with E-state index in [-0.39, 0.29) is 17.7 Å². The van der Waals surface area contributed by atoms with Crippen LogP contribution in [0.4, 0.5) is 17.6 Å². The molecule has 7 nitrogen and oxygen atoms in total. The first-order valence-electron chi connectivity index (χ1n) is 10.4. The number of halogens is 4. The van der Waals surface area contributed by atoms with Crippen molar-refractivity contribution in [3.63, 3.8) is 0 Å². The van der Waals surface area contributed by atoms with Gasteiger partial charge in [0.1, 0.15) is 18.5 Å². The van der Waals surface area contributed by atoms with Crippen molar-refractivity contribution in [1.29, 1.82) is 0 Å². The lowest BCUT2D eigenvalue weighted by Crippen LogP contribution is -2.39. The highest BCUT2D eigenvalue weighted by atomic mass is 19.2. The van der Waals surface area contributed by atoms with Gasteiger partial charge in [-0.15, -0.1) is 10.2 Å². The van der Waals surface area contributed by atoms with E-state index in [1.54, 1.807) is 24.9 Å². The van der Waals surface area contributed by atoms with Crippen molar-refractivity contribution in [1.82, 2.24) is 29.4 Å². The summed E-state index contributed by atoms with van der Waals surface area (Å²) in [6.45, 7) is 2.05. The van der Waals surface area contributed by atoms with Crippen LogP contribution in [0.1, 0.15) is 34.6 Å². The number of rotatable bonds is 3. The minimum Gasteiger partial charge on any atom is -0.330 e. The molecule has 0 bridgehead atoms. The van der Waals surface area contributed by atoms with E-state index >= 15 is 0 Å². The van der Waals surface area contributed by atoms with Crippen LogP contribution in [0.5, 0.6) is 0 Å². The summed E-state index contributed by atoms with van der Waals surface area (Å²) in [4.78, 5) is 14.9. The molecule has 2 aromatic carbocycles. The van der Waals surface area contributed by atoms with Crippen LogP contribution in [0.15, 0.2) is 43.0 Å². The fourth-order valence-corrected chi connectivity index (χ4v) is 4.42. The first-order chi connectivity index (χ1) is 16.2. The van der Waals surface area contributed by atoms with Gasteiger partial charge >= 0.3 is 0 Å². The molecule has 11 heteroatoms. The van der Waals surface area contributed by atoms with Gasteiger partial charge < -0.3 is 4.90 Å². The van der Waals surface area contributed by atoms with E-state index in [0.29, 0.717) is 29.1 Å². The molecule has 174 valence electrons. The Morgan fingerprint density at radius 2 is 1.68 bits per heavy atom. The molecule has 0 unspecified atom stereocenters. The van der Waals surface area contributed by atoms with Gasteiger partial charge in [-0.2, -0.15) is 5.10 Å². The average molecular weight is 470 g/mol. The molecular weight excluding hydrogens is 452 g/mol. The summed E-state index contributed by atoms with van der Waals surface area (Å²) < 4.78 is 58.4. The summed E-state index contributed by atoms with van der Waals surface area (Å²) in [5.74, 6) is -5.09. The minimum atomic E-state index is -1.54. The second-order valence-electron chi connectivity index (χ2n) is 8.08. The van der Waals surface area contributed by atoms with Crippen molar-refractivity contribution in [3.05, 3.63) is 83.1 Å². The van der Waals surface area contributed by atoms with Crippen molar-refractivity contribution in [2.45, 2.75) is 19.4 Å². The second kappa shape index (κ2) is 8.08. The van der Waals surface area contributed by atoms with Gasteiger partial charge in [0.15, 0.2) is 17.5 Å². The molecule has 1 amide bonds. The van der Waals surface area contributed by atoms with Crippen molar-refractivity contribution >= 4 is 5.91 Å². The summed E-state index contributed by atoms with van der Waals surface area (Å²) in [6, 6.07) is 5.34. The number of aryl methyl sites for hydroxylation is 1. The molecule has 5 rings (SSSR count). The Morgan fingerprint density at radius 3 is 2.35 bits per heavy atom. The Kier molecular flexibility index (Phi) is 5.18. The molecule has 0 spiro atoms. The third-order valence-corrected chi connectivity index (χ3v) is 6.01. The Balaban J connectivity index is 1.50. The third kappa shape index (κ3) is 3.53. The zero-order chi connectivity index (χ0) is 24.1. The maximum Gasteiger partial charge on any atom is 0.254 e. The molecule has 0 saturated carbocycles. The fraction of sp³-hybridized carbons (Fsp3) is 0.217. The normalized spacial score (nSPS) is 15.5. The quantitative estimate of drug-likeness (QED) is 0.336. The molecule has 0 radical (unpaired) electrons. The van der Waals surface area contributed by atoms with Gasteiger partial charge in [0, 0.05) is 30.3 Å². The standard InChI is InChI=1S/C23H18F4N6O/c1-12-21-17(22(31(2)30-21)13-7-18(25)20(27)19(26)8-13)3-4-33(12)23(34)14-5-15(24)9-16(6-14)32-10-28-29-11-32/h5-12H,3-4H2,1-2H3/t12-/m0/s1. The first-order valence-corrected chi connectivity index (χ1v) is 10.4. The van der Waals surface area contributed by atoms with E-state index < -0.39 is 35.2 Å². The highest BCUT2D eigenvalue weighted by molar-refractivity contribution is 5.95. The maximum absolute atomic E-state index is 14.3. The highest BCUT2D eigenvalue weighted by Crippen LogP contribution is 2.37. The Morgan fingerprint density at radius 1 is 1.00 bits per heavy atom. The molecule has 0 saturated heterocycles. The molecular formula is C23H18F4N6O. The van der Waals surface area contributed by atoms with Gasteiger partial charge in [0.05, 0.1) is 23.1 Å². The molecule has 0 fully saturated rings. The van der Waals surface area contributed by atoms with Crippen molar-refractivity contribution in [2.75, 3.05) is 6.54 Å². The number of nitrogens with zero attached hydrogens (tertiary/aromatic N) is 6. The first kappa shape index (κ1) is 21.8. The summed E-state index contributed by atoms with van der Waals surface area (Å²) in [7, 11) is 1.61. The lowest BCUT2D eigenvalue weighted by atomic mass is 9.95. The van der Waals surface area contributed by atoms with Gasteiger partial charge in [0.2, 0.25) is 0 Å². The fourth-order valence-electron chi connectivity index (χ4n) is 4.42. The van der Waals surface area contributed by atoms with Crippen molar-refractivity contribution < 1.29 is 22.4 Å². The average Bonchev–Trinajstić information content (AvgIpc) is 3.45. The van der Waals surface area contributed by atoms with Crippen LogP contribution < -0.4 is 0 Å². The Hall–Kier alpha value is -4.02. The van der Waals surface area contributed by atoms with Crippen molar-refractivity contribution in [2.24, 2.45) is 7.05 Å². The zero-order valence-electron chi connectivity index (χ0n) is 18.1. The predicted octanol–water partition coefficient (Wildman–Crippen LogP) is 3.98. The van der Waals surface area contributed by atoms with Crippen LogP contribution in [-0.4, -0.2) is 41.9 Å². The van der Waals surface area contributed by atoms with Crippen LogP contribution in [0.25, 0.3) is 16.9 Å². The highest BCUT2D eigenvalue weighted by Gasteiger charge is 2.34. The lowest BCUT2D eigenvalue weighted by molar-refractivity contribution is 0.0673. The van der Waals surface area contributed by atoms with Crippen molar-refractivity contribution in [3.8, 4) is 16.9 Å². The Bertz CT molecular complexity index is 1390. The van der Waals surface area contributed by atoms with Gasteiger partial charge in [-0.3, -0.25) is 14.0 Å². The number of hydrogen-bond donors (Lipinski definition) is 0. The van der Waals surface area contributed by atoms with Crippen LogP contribution >= 0.6 is 0 Å². The molecule has 1 aliphatic heterocycles. The lowest BCUT2D eigenvalue weighted by Gasteiger charge is -2.33. The molecule has 2 aromatic heterocycles. The van der Waals surface area contributed by atoms with E-state index in [1.807, 2.05) is 0 Å². The monoisotopic (exact) mass is 470 g/mol. The number of aromatic nitrogens is 5. The summed E-state index contributed by atoms with van der Waals surface area (Å²) in [5, 5.41) is 11.9. The number of fused-ring (bicyclic) bond motifs is 1. The summed E-state index contributed by atoms with van der Waals surface area (Å²) >= 11 is 0. The minimum absolute atomic E-state index is 0.151. The summed E-state index contributed by atoms with van der Waals surface area (Å²) in [6.07, 6.45) is 3.15. The Labute approximate surface area is 191 Å². The number of benzene rings is 2.